The highest BCUT2D eigenvalue weighted by atomic mass is 32.1. The van der Waals surface area contributed by atoms with E-state index in [2.05, 4.69) is 10.3 Å². The minimum absolute atomic E-state index is 0.0109. The summed E-state index contributed by atoms with van der Waals surface area (Å²) in [7, 11) is 0. The topological polar surface area (TPSA) is 64.4 Å². The third-order valence-corrected chi connectivity index (χ3v) is 5.04. The second-order valence-electron chi connectivity index (χ2n) is 6.03. The van der Waals surface area contributed by atoms with Crippen LogP contribution in [0.4, 0.5) is 0 Å². The molecule has 1 aliphatic rings. The molecule has 1 aromatic carbocycles. The number of thiazole rings is 1. The highest BCUT2D eigenvalue weighted by molar-refractivity contribution is 7.13. The maximum Gasteiger partial charge on any atom is 0.226 e. The number of nitrogens with one attached hydrogen (secondary N) is 1. The summed E-state index contributed by atoms with van der Waals surface area (Å²) in [6, 6.07) is 11.6. The Balaban J connectivity index is 1.42. The van der Waals surface area contributed by atoms with Crippen molar-refractivity contribution in [2.75, 3.05) is 6.61 Å². The van der Waals surface area contributed by atoms with Crippen LogP contribution in [0.2, 0.25) is 0 Å². The Morgan fingerprint density at radius 2 is 2.20 bits per heavy atom. The Morgan fingerprint density at radius 1 is 1.32 bits per heavy atom. The van der Waals surface area contributed by atoms with E-state index in [4.69, 9.17) is 9.15 Å². The zero-order chi connectivity index (χ0) is 17.2. The van der Waals surface area contributed by atoms with Crippen LogP contribution < -0.4 is 10.1 Å². The van der Waals surface area contributed by atoms with Gasteiger partial charge < -0.3 is 14.5 Å². The lowest BCUT2D eigenvalue weighted by atomic mass is 10.0. The molecule has 1 amide bonds. The number of hydrogen-bond acceptors (Lipinski definition) is 5. The molecule has 0 aliphatic carbocycles. The van der Waals surface area contributed by atoms with E-state index in [1.807, 2.05) is 48.7 Å². The van der Waals surface area contributed by atoms with Gasteiger partial charge in [-0.2, -0.15) is 0 Å². The minimum atomic E-state index is -0.0332. The summed E-state index contributed by atoms with van der Waals surface area (Å²) in [5, 5.41) is 5.80. The third-order valence-electron chi connectivity index (χ3n) is 4.14. The van der Waals surface area contributed by atoms with Crippen LogP contribution in [0.25, 0.3) is 10.8 Å². The molecule has 1 unspecified atom stereocenters. The van der Waals surface area contributed by atoms with Crippen LogP contribution >= 0.6 is 11.3 Å². The van der Waals surface area contributed by atoms with Crippen molar-refractivity contribution in [2.24, 2.45) is 0 Å². The van der Waals surface area contributed by atoms with E-state index in [1.165, 1.54) is 11.3 Å². The van der Waals surface area contributed by atoms with Crippen molar-refractivity contribution in [3.63, 3.8) is 0 Å². The summed E-state index contributed by atoms with van der Waals surface area (Å²) in [5.74, 6) is 2.41. The number of carbonyl (C=O) groups is 1. The van der Waals surface area contributed by atoms with Crippen LogP contribution in [-0.4, -0.2) is 17.5 Å². The number of benzene rings is 1. The van der Waals surface area contributed by atoms with Gasteiger partial charge in [-0.15, -0.1) is 11.3 Å². The second-order valence-corrected chi connectivity index (χ2v) is 6.88. The summed E-state index contributed by atoms with van der Waals surface area (Å²) in [6.07, 6.45) is 1.03. The zero-order valence-corrected chi connectivity index (χ0v) is 14.6. The first-order valence-corrected chi connectivity index (χ1v) is 9.09. The predicted octanol–water partition coefficient (Wildman–Crippen LogP) is 3.89. The Morgan fingerprint density at radius 3 is 3.04 bits per heavy atom. The summed E-state index contributed by atoms with van der Waals surface area (Å²) < 4.78 is 11.2. The van der Waals surface area contributed by atoms with E-state index < -0.39 is 0 Å². The Labute approximate surface area is 149 Å². The maximum atomic E-state index is 12.4. The lowest BCUT2D eigenvalue weighted by Gasteiger charge is -2.26. The van der Waals surface area contributed by atoms with Gasteiger partial charge >= 0.3 is 0 Å². The molecule has 0 fully saturated rings. The molecule has 5 nitrogen and oxygen atoms in total. The number of furan rings is 1. The Bertz CT molecular complexity index is 899. The number of carbonyl (C=O) groups excluding carboxylic acids is 1. The van der Waals surface area contributed by atoms with Crippen molar-refractivity contribution in [1.29, 1.82) is 0 Å². The fourth-order valence-corrected chi connectivity index (χ4v) is 3.73. The van der Waals surface area contributed by atoms with Gasteiger partial charge in [0.05, 0.1) is 24.8 Å². The molecule has 0 spiro atoms. The number of aromatic nitrogens is 1. The van der Waals surface area contributed by atoms with Gasteiger partial charge in [-0.3, -0.25) is 4.79 Å². The third kappa shape index (κ3) is 3.44. The first-order chi connectivity index (χ1) is 12.2. The average Bonchev–Trinajstić information content (AvgIpc) is 3.24. The molecule has 128 valence electrons. The molecule has 2 aromatic heterocycles. The number of fused-ring (bicyclic) bond motifs is 1. The number of ether oxygens (including phenoxy) is 1. The van der Waals surface area contributed by atoms with Gasteiger partial charge in [0.2, 0.25) is 5.91 Å². The maximum absolute atomic E-state index is 12.4. The van der Waals surface area contributed by atoms with E-state index >= 15 is 0 Å². The smallest absolute Gasteiger partial charge is 0.226 e. The Kier molecular flexibility index (Phi) is 4.28. The first kappa shape index (κ1) is 15.9. The van der Waals surface area contributed by atoms with Crippen molar-refractivity contribution in [1.82, 2.24) is 10.3 Å². The number of amides is 1. The van der Waals surface area contributed by atoms with Crippen LogP contribution in [0.3, 0.4) is 0 Å². The van der Waals surface area contributed by atoms with Gasteiger partial charge in [-0.1, -0.05) is 18.2 Å². The standard InChI is InChI=1S/C19H18N2O3S/c1-12-6-7-17(24-12)19-20-13(11-25-19)10-18(22)21-15-8-9-23-16-5-3-2-4-14(15)16/h2-7,11,15H,8-10H2,1H3,(H,21,22). The van der Waals surface area contributed by atoms with Gasteiger partial charge in [0.1, 0.15) is 11.5 Å². The molecule has 6 heteroatoms. The van der Waals surface area contributed by atoms with Crippen LogP contribution in [0.5, 0.6) is 5.75 Å². The van der Waals surface area contributed by atoms with Crippen molar-refractivity contribution in [3.8, 4) is 16.5 Å². The van der Waals surface area contributed by atoms with E-state index in [0.29, 0.717) is 6.61 Å². The average molecular weight is 354 g/mol. The quantitative estimate of drug-likeness (QED) is 0.772. The van der Waals surface area contributed by atoms with Gasteiger partial charge in [0.15, 0.2) is 10.8 Å². The minimum Gasteiger partial charge on any atom is -0.493 e. The molecule has 3 heterocycles. The van der Waals surface area contributed by atoms with Crippen molar-refractivity contribution in [2.45, 2.75) is 25.8 Å². The van der Waals surface area contributed by atoms with Crippen molar-refractivity contribution in [3.05, 3.63) is 58.8 Å². The SMILES string of the molecule is Cc1ccc(-c2nc(CC(=O)NC3CCOc4ccccc43)cs2)o1. The van der Waals surface area contributed by atoms with E-state index in [-0.39, 0.29) is 18.4 Å². The molecule has 1 N–H and O–H groups in total. The number of aryl methyl sites for hydroxylation is 1. The molecule has 1 atom stereocenters. The summed E-state index contributed by atoms with van der Waals surface area (Å²) in [4.78, 5) is 16.9. The second kappa shape index (κ2) is 6.72. The number of nitrogens with zero attached hydrogens (tertiary/aromatic N) is 1. The molecule has 3 aromatic rings. The molecule has 0 radical (unpaired) electrons. The monoisotopic (exact) mass is 354 g/mol. The van der Waals surface area contributed by atoms with E-state index in [1.54, 1.807) is 0 Å². The molecule has 0 saturated carbocycles. The number of rotatable bonds is 4. The van der Waals surface area contributed by atoms with Crippen LogP contribution in [0, 0.1) is 6.92 Å². The van der Waals surface area contributed by atoms with E-state index in [9.17, 15) is 4.79 Å². The lowest BCUT2D eigenvalue weighted by molar-refractivity contribution is -0.121. The van der Waals surface area contributed by atoms with Crippen molar-refractivity contribution >= 4 is 17.2 Å². The highest BCUT2D eigenvalue weighted by Crippen LogP contribution is 2.31. The van der Waals surface area contributed by atoms with Gasteiger partial charge in [0, 0.05) is 17.4 Å². The van der Waals surface area contributed by atoms with Crippen molar-refractivity contribution < 1.29 is 13.9 Å². The molecular formula is C19H18N2O3S. The normalized spacial score (nSPS) is 16.1. The molecule has 0 saturated heterocycles. The summed E-state index contributed by atoms with van der Waals surface area (Å²) in [5.41, 5.74) is 1.79. The lowest BCUT2D eigenvalue weighted by Crippen LogP contribution is -2.33. The molecular weight excluding hydrogens is 336 g/mol. The van der Waals surface area contributed by atoms with E-state index in [0.717, 1.165) is 40.0 Å². The fraction of sp³-hybridized carbons (Fsp3) is 0.263. The fourth-order valence-electron chi connectivity index (χ4n) is 2.95. The molecule has 0 bridgehead atoms. The zero-order valence-electron chi connectivity index (χ0n) is 13.8. The van der Waals surface area contributed by atoms with Gasteiger partial charge in [0.25, 0.3) is 0 Å². The largest absolute Gasteiger partial charge is 0.493 e. The molecule has 4 rings (SSSR count). The number of hydrogen-bond donors (Lipinski definition) is 1. The van der Waals surface area contributed by atoms with Gasteiger partial charge in [-0.05, 0) is 25.1 Å². The van der Waals surface area contributed by atoms with Gasteiger partial charge in [-0.25, -0.2) is 4.98 Å². The molecule has 25 heavy (non-hydrogen) atoms. The van der Waals surface area contributed by atoms with Crippen LogP contribution in [0.1, 0.15) is 29.5 Å². The Hall–Kier alpha value is -2.60. The first-order valence-electron chi connectivity index (χ1n) is 8.21. The highest BCUT2D eigenvalue weighted by Gasteiger charge is 2.23. The summed E-state index contributed by atoms with van der Waals surface area (Å²) in [6.45, 7) is 2.51. The van der Waals surface area contributed by atoms with Crippen LogP contribution in [0.15, 0.2) is 46.2 Å². The molecule has 1 aliphatic heterocycles. The number of para-hydroxylation sites is 1. The van der Waals surface area contributed by atoms with Crippen LogP contribution in [-0.2, 0) is 11.2 Å². The predicted molar refractivity (Wildman–Crippen MR) is 95.7 cm³/mol. The summed E-state index contributed by atoms with van der Waals surface area (Å²) >= 11 is 1.49.